The van der Waals surface area contributed by atoms with E-state index in [-0.39, 0.29) is 34.4 Å². The van der Waals surface area contributed by atoms with Crippen LogP contribution in [0.5, 0.6) is 11.5 Å². The first-order chi connectivity index (χ1) is 20.6. The second-order valence-corrected chi connectivity index (χ2v) is 10.7. The molecule has 0 fully saturated rings. The van der Waals surface area contributed by atoms with Gasteiger partial charge in [-0.3, -0.25) is 10.1 Å². The lowest BCUT2D eigenvalue weighted by atomic mass is 9.80. The van der Waals surface area contributed by atoms with Gasteiger partial charge >= 0.3 is 7.12 Å². The average Bonchev–Trinajstić information content (AvgIpc) is 3.00. The average molecular weight is 702 g/mol. The number of fused-ring (bicyclic) bond motifs is 2. The fourth-order valence-electron chi connectivity index (χ4n) is 4.12. The molecule has 0 bridgehead atoms. The number of phenols is 2. The monoisotopic (exact) mass is 700 g/mol. The van der Waals surface area contributed by atoms with Crippen molar-refractivity contribution < 1.29 is 34.1 Å². The highest BCUT2D eigenvalue weighted by Gasteiger charge is 2.22. The van der Waals surface area contributed by atoms with E-state index in [9.17, 15) is 19.0 Å². The van der Waals surface area contributed by atoms with E-state index in [1.54, 1.807) is 30.3 Å². The predicted molar refractivity (Wildman–Crippen MR) is 179 cm³/mol. The van der Waals surface area contributed by atoms with Crippen molar-refractivity contribution in [1.29, 1.82) is 0 Å². The molecule has 5 nitrogen and oxygen atoms in total. The summed E-state index contributed by atoms with van der Waals surface area (Å²) in [7, 11) is -1.70. The van der Waals surface area contributed by atoms with Gasteiger partial charge in [-0.05, 0) is 73.9 Å². The summed E-state index contributed by atoms with van der Waals surface area (Å²) in [6.07, 6.45) is 0. The van der Waals surface area contributed by atoms with Gasteiger partial charge in [-0.2, -0.15) is 0 Å². The smallest absolute Gasteiger partial charge is 0.507 e. The maximum Gasteiger partial charge on any atom is 0.525 e. The number of halogens is 5. The Hall–Kier alpha value is -3.70. The Morgan fingerprint density at radius 1 is 0.614 bits per heavy atom. The zero-order valence-electron chi connectivity index (χ0n) is 22.1. The third kappa shape index (κ3) is 8.27. The molecule has 11 heteroatoms. The van der Waals surface area contributed by atoms with Gasteiger partial charge in [0.05, 0.1) is 14.5 Å². The van der Waals surface area contributed by atoms with Crippen LogP contribution >= 0.6 is 39.1 Å². The van der Waals surface area contributed by atoms with Crippen LogP contribution in [0, 0.1) is 11.6 Å². The van der Waals surface area contributed by atoms with E-state index in [2.05, 4.69) is 20.7 Å². The highest BCUT2D eigenvalue weighted by atomic mass is 79.9. The van der Waals surface area contributed by atoms with Gasteiger partial charge in [0.25, 0.3) is 0 Å². The zero-order valence-corrected chi connectivity index (χ0v) is 25.2. The summed E-state index contributed by atoms with van der Waals surface area (Å²) in [4.78, 5) is 3.53. The van der Waals surface area contributed by atoms with Crippen molar-refractivity contribution in [3.63, 3.8) is 0 Å². The molecule has 6 aromatic carbocycles. The second kappa shape index (κ2) is 15.9. The van der Waals surface area contributed by atoms with Crippen molar-refractivity contribution in [2.24, 2.45) is 0 Å². The summed E-state index contributed by atoms with van der Waals surface area (Å²) in [6.45, 7) is 0. The molecule has 0 aliphatic rings. The van der Waals surface area contributed by atoms with Crippen molar-refractivity contribution in [2.45, 2.75) is 7.43 Å². The maximum absolute atomic E-state index is 14.0. The van der Waals surface area contributed by atoms with Crippen molar-refractivity contribution in [3.05, 3.63) is 135 Å². The quantitative estimate of drug-likeness (QED) is 0.0839. The Morgan fingerprint density at radius 2 is 1.09 bits per heavy atom. The summed E-state index contributed by atoms with van der Waals surface area (Å²) in [5.74, 6) is -0.996. The summed E-state index contributed by atoms with van der Waals surface area (Å²) < 4.78 is 27.7. The van der Waals surface area contributed by atoms with Crippen molar-refractivity contribution >= 4 is 73.3 Å². The summed E-state index contributed by atoms with van der Waals surface area (Å²) in [6, 6.07) is 31.3. The number of aromatic hydroxyl groups is 2. The topological polar surface area (TPSA) is 90.2 Å². The zero-order chi connectivity index (χ0) is 31.1. The second-order valence-electron chi connectivity index (χ2n) is 9.07. The van der Waals surface area contributed by atoms with E-state index in [1.807, 2.05) is 54.6 Å². The molecule has 6 rings (SSSR count). The van der Waals surface area contributed by atoms with Crippen molar-refractivity contribution in [1.82, 2.24) is 0 Å². The molecular formula is C33H26BBrCl2F2O5. The van der Waals surface area contributed by atoms with Gasteiger partial charge < -0.3 is 15.2 Å². The third-order valence-corrected chi connectivity index (χ3v) is 7.49. The van der Waals surface area contributed by atoms with Crippen LogP contribution in [0.3, 0.4) is 0 Å². The molecule has 0 spiro atoms. The third-order valence-electron chi connectivity index (χ3n) is 6.27. The lowest BCUT2D eigenvalue weighted by Crippen LogP contribution is -2.35. The van der Waals surface area contributed by atoms with Gasteiger partial charge in [0.1, 0.15) is 23.1 Å². The SMILES string of the molecule is C.OOB(O)c1cccc(Cl)c1F.Oc1cc2ccccc2cc1-c1cccc(Cl)c1F.Oc1cc2ccccc2cc1Br. The van der Waals surface area contributed by atoms with E-state index < -0.39 is 18.8 Å². The Labute approximate surface area is 271 Å². The Kier molecular flexibility index (Phi) is 12.5. The van der Waals surface area contributed by atoms with Crippen LogP contribution in [-0.4, -0.2) is 27.6 Å². The van der Waals surface area contributed by atoms with Crippen LogP contribution in [0.25, 0.3) is 32.7 Å². The van der Waals surface area contributed by atoms with E-state index >= 15 is 0 Å². The molecule has 0 amide bonds. The fraction of sp³-hybridized carbons (Fsp3) is 0.0303. The van der Waals surface area contributed by atoms with E-state index in [4.69, 9.17) is 33.5 Å². The Bertz CT molecular complexity index is 1850. The number of benzene rings is 6. The van der Waals surface area contributed by atoms with Crippen molar-refractivity contribution in [3.8, 4) is 22.6 Å². The Balaban J connectivity index is 0.000000186. The molecule has 0 heterocycles. The maximum atomic E-state index is 14.0. The number of phenolic OH excluding ortho intramolecular Hbond substituents is 2. The molecule has 6 aromatic rings. The molecule has 0 aliphatic carbocycles. The van der Waals surface area contributed by atoms with Gasteiger partial charge in [0, 0.05) is 16.6 Å². The van der Waals surface area contributed by atoms with Crippen LogP contribution in [0.15, 0.2) is 114 Å². The van der Waals surface area contributed by atoms with Gasteiger partial charge in [0.15, 0.2) is 0 Å². The van der Waals surface area contributed by atoms with Gasteiger partial charge in [-0.15, -0.1) is 0 Å². The number of hydrogen-bond acceptors (Lipinski definition) is 5. The summed E-state index contributed by atoms with van der Waals surface area (Å²) >= 11 is 14.4. The molecule has 0 saturated carbocycles. The van der Waals surface area contributed by atoms with E-state index in [1.165, 1.54) is 24.3 Å². The van der Waals surface area contributed by atoms with Crippen LogP contribution in [0.4, 0.5) is 8.78 Å². The highest BCUT2D eigenvalue weighted by molar-refractivity contribution is 9.10. The molecule has 0 aliphatic heterocycles. The first-order valence-electron chi connectivity index (χ1n) is 12.6. The first kappa shape index (κ1) is 34.8. The highest BCUT2D eigenvalue weighted by Crippen LogP contribution is 2.36. The minimum absolute atomic E-state index is 0. The number of hydrogen-bond donors (Lipinski definition) is 4. The van der Waals surface area contributed by atoms with E-state index in [0.29, 0.717) is 11.1 Å². The molecule has 4 N–H and O–H groups in total. The van der Waals surface area contributed by atoms with Gasteiger partial charge in [-0.1, -0.05) is 103 Å². The molecule has 0 atom stereocenters. The minimum atomic E-state index is -1.70. The van der Waals surface area contributed by atoms with Gasteiger partial charge in [-0.25, -0.2) is 8.78 Å². The van der Waals surface area contributed by atoms with Crippen LogP contribution in [-0.2, 0) is 4.81 Å². The fourth-order valence-corrected chi connectivity index (χ4v) is 4.84. The molecular weight excluding hydrogens is 676 g/mol. The van der Waals surface area contributed by atoms with Crippen LogP contribution < -0.4 is 5.46 Å². The van der Waals surface area contributed by atoms with Crippen LogP contribution in [0.2, 0.25) is 10.0 Å². The standard InChI is InChI=1S/C16H10ClFO.C10H7BrO.C6H5BClFO3.CH4/c17-14-7-3-6-12(16(14)18)13-8-10-4-1-2-5-11(10)9-15(13)19;11-9-5-7-3-1-2-4-8(7)6-10(9)12;8-5-3-1-2-4(6(5)9)7(10)12-11;/h1-9,19H;1-6,12H;1-3,10-11H;1H4. The largest absolute Gasteiger partial charge is 0.525 e. The number of rotatable bonds is 3. The molecule has 0 radical (unpaired) electrons. The lowest BCUT2D eigenvalue weighted by Gasteiger charge is -2.09. The normalized spacial score (nSPS) is 10.2. The molecule has 44 heavy (non-hydrogen) atoms. The van der Waals surface area contributed by atoms with Gasteiger partial charge in [0.2, 0.25) is 0 Å². The lowest BCUT2D eigenvalue weighted by molar-refractivity contribution is -0.154. The predicted octanol–water partition coefficient (Wildman–Crippen LogP) is 9.61. The first-order valence-corrected chi connectivity index (χ1v) is 14.1. The summed E-state index contributed by atoms with van der Waals surface area (Å²) in [5.41, 5.74) is 0.541. The minimum Gasteiger partial charge on any atom is -0.507 e. The van der Waals surface area contributed by atoms with Crippen LogP contribution in [0.1, 0.15) is 7.43 Å². The molecule has 0 saturated heterocycles. The van der Waals surface area contributed by atoms with Crippen molar-refractivity contribution in [2.75, 3.05) is 0 Å². The van der Waals surface area contributed by atoms with E-state index in [0.717, 1.165) is 26.0 Å². The summed E-state index contributed by atoms with van der Waals surface area (Å²) in [5, 5.41) is 40.3. The molecule has 226 valence electrons. The Morgan fingerprint density at radius 3 is 1.66 bits per heavy atom. The molecule has 0 unspecified atom stereocenters. The molecule has 0 aromatic heterocycles.